The van der Waals surface area contributed by atoms with Gasteiger partial charge in [0.25, 0.3) is 0 Å². The first-order chi connectivity index (χ1) is 36.0. The van der Waals surface area contributed by atoms with Gasteiger partial charge in [0, 0.05) is 37.6 Å². The monoisotopic (exact) mass is 1070 g/mol. The van der Waals surface area contributed by atoms with Crippen molar-refractivity contribution in [2.24, 2.45) is 17.4 Å². The van der Waals surface area contributed by atoms with Crippen LogP contribution in [0.2, 0.25) is 0 Å². The highest BCUT2D eigenvalue weighted by molar-refractivity contribution is 5.98. The average molecular weight is 1070 g/mol. The maximum Gasteiger partial charge on any atom is 0.326 e. The van der Waals surface area contributed by atoms with E-state index in [-0.39, 0.29) is 31.4 Å². The number of aromatic nitrogens is 2. The van der Waals surface area contributed by atoms with Crippen molar-refractivity contribution in [1.29, 1.82) is 0 Å². The molecule has 29 nitrogen and oxygen atoms in total. The normalized spacial score (nSPS) is 14.1. The highest BCUT2D eigenvalue weighted by atomic mass is 16.4. The summed E-state index contributed by atoms with van der Waals surface area (Å²) in [4.78, 5) is 150. The van der Waals surface area contributed by atoms with E-state index in [0.717, 1.165) is 0 Å². The Bertz CT molecular complexity index is 2460. The van der Waals surface area contributed by atoms with Crippen LogP contribution in [0.4, 0.5) is 0 Å². The molecule has 29 heteroatoms. The molecule has 1 heterocycles. The van der Waals surface area contributed by atoms with Gasteiger partial charge in [-0.2, -0.15) is 0 Å². The summed E-state index contributed by atoms with van der Waals surface area (Å²) < 4.78 is 0. The Morgan fingerprint density at radius 3 is 1.59 bits per heavy atom. The second kappa shape index (κ2) is 31.3. The zero-order chi connectivity index (χ0) is 56.5. The number of carbonyl (C=O) groups is 11. The van der Waals surface area contributed by atoms with Crippen molar-refractivity contribution < 1.29 is 78.3 Å². The fourth-order valence-electron chi connectivity index (χ4n) is 6.93. The van der Waals surface area contributed by atoms with Crippen LogP contribution in [0.1, 0.15) is 43.5 Å². The lowest BCUT2D eigenvalue weighted by Gasteiger charge is -2.28. The third kappa shape index (κ3) is 21.1. The van der Waals surface area contributed by atoms with E-state index in [4.69, 9.17) is 16.6 Å². The number of aromatic hydroxyl groups is 1. The van der Waals surface area contributed by atoms with Crippen LogP contribution in [0, 0.1) is 5.92 Å². The van der Waals surface area contributed by atoms with E-state index in [0.29, 0.717) is 16.8 Å². The highest BCUT2D eigenvalue weighted by Crippen LogP contribution is 2.13. The molecule has 0 fully saturated rings. The van der Waals surface area contributed by atoms with Gasteiger partial charge in [-0.1, -0.05) is 56.3 Å². The third-order valence-electron chi connectivity index (χ3n) is 11.1. The number of imidazole rings is 1. The summed E-state index contributed by atoms with van der Waals surface area (Å²) in [5, 5.41) is 69.7. The molecule has 19 N–H and O–H groups in total. The molecule has 1 aromatic heterocycles. The summed E-state index contributed by atoms with van der Waals surface area (Å²) in [5.74, 6) is -12.0. The second-order valence-electron chi connectivity index (χ2n) is 17.5. The first-order valence-corrected chi connectivity index (χ1v) is 23.6. The zero-order valence-electron chi connectivity index (χ0n) is 41.4. The van der Waals surface area contributed by atoms with Gasteiger partial charge in [0.15, 0.2) is 0 Å². The number of benzene rings is 2. The molecule has 8 atom stereocenters. The highest BCUT2D eigenvalue weighted by Gasteiger charge is 2.35. The van der Waals surface area contributed by atoms with Crippen LogP contribution >= 0.6 is 0 Å². The van der Waals surface area contributed by atoms with Gasteiger partial charge in [-0.05, 0) is 35.6 Å². The Labute approximate surface area is 434 Å². The topological polar surface area (TPSA) is 478 Å². The molecule has 10 amide bonds. The maximum absolute atomic E-state index is 14.0. The van der Waals surface area contributed by atoms with Crippen LogP contribution < -0.4 is 59.3 Å². The van der Waals surface area contributed by atoms with E-state index in [2.05, 4.69) is 57.8 Å². The molecule has 2 aromatic carbocycles. The molecule has 0 aliphatic rings. The number of phenolic OH excluding ortho intramolecular Hbond substituents is 1. The lowest BCUT2D eigenvalue weighted by atomic mass is 9.99. The largest absolute Gasteiger partial charge is 0.508 e. The van der Waals surface area contributed by atoms with Crippen molar-refractivity contribution >= 4 is 65.0 Å². The van der Waals surface area contributed by atoms with Crippen molar-refractivity contribution in [3.05, 3.63) is 83.9 Å². The number of rotatable bonds is 32. The van der Waals surface area contributed by atoms with Gasteiger partial charge < -0.3 is 89.8 Å². The quantitative estimate of drug-likeness (QED) is 0.0276. The smallest absolute Gasteiger partial charge is 0.326 e. The van der Waals surface area contributed by atoms with Crippen LogP contribution in [0.25, 0.3) is 0 Å². The number of nitrogens with two attached hydrogens (primary N) is 2. The molecule has 0 unspecified atom stereocenters. The fraction of sp³-hybridized carbons (Fsp3) is 0.447. The van der Waals surface area contributed by atoms with E-state index >= 15 is 0 Å². The molecular weight excluding hydrogens is 1000 g/mol. The number of primary amides is 1. The molecule has 0 bridgehead atoms. The summed E-state index contributed by atoms with van der Waals surface area (Å²) in [5.41, 5.74) is 12.1. The molecule has 0 radical (unpaired) electrons. The van der Waals surface area contributed by atoms with Crippen molar-refractivity contribution in [2.45, 2.75) is 94.3 Å². The van der Waals surface area contributed by atoms with Crippen LogP contribution in [0.5, 0.6) is 5.75 Å². The fourth-order valence-corrected chi connectivity index (χ4v) is 6.93. The average Bonchev–Trinajstić information content (AvgIpc) is 3.91. The Morgan fingerprint density at radius 2 is 1.05 bits per heavy atom. The third-order valence-corrected chi connectivity index (χ3v) is 11.1. The van der Waals surface area contributed by atoms with Crippen molar-refractivity contribution in [2.75, 3.05) is 32.9 Å². The Balaban J connectivity index is 1.71. The Kier molecular flexibility index (Phi) is 25.4. The number of H-pyrrole nitrogens is 1. The van der Waals surface area contributed by atoms with Crippen LogP contribution in [0.15, 0.2) is 67.1 Å². The molecular formula is C47H65N13O16. The number of aliphatic hydroxyl groups excluding tert-OH is 3. The van der Waals surface area contributed by atoms with Gasteiger partial charge in [-0.25, -0.2) is 9.78 Å². The van der Waals surface area contributed by atoms with E-state index in [1.165, 1.54) is 36.8 Å². The summed E-state index contributed by atoms with van der Waals surface area (Å²) in [6.07, 6.45) is 1.26. The van der Waals surface area contributed by atoms with Gasteiger partial charge in [0.1, 0.15) is 54.1 Å². The molecule has 0 spiro atoms. The molecule has 414 valence electrons. The minimum atomic E-state index is -1.76. The van der Waals surface area contributed by atoms with Gasteiger partial charge in [-0.3, -0.25) is 47.9 Å². The van der Waals surface area contributed by atoms with E-state index in [1.54, 1.807) is 44.2 Å². The van der Waals surface area contributed by atoms with Crippen LogP contribution in [-0.4, -0.2) is 182 Å². The predicted octanol–water partition coefficient (Wildman–Crippen LogP) is -6.92. The van der Waals surface area contributed by atoms with Gasteiger partial charge in [0.05, 0.1) is 39.2 Å². The minimum absolute atomic E-state index is 0.103. The standard InChI is InChI=1S/C47H65N13O16/c1-24(2)39(46(74)56-30(12-13-36(49)65)42(70)58-33(47(75)76)16-27-17-50-23-53-27)60-44(72)32(14-25-6-4-3-5-7-25)57-45(73)35(22-63)55-38(67)19-52-41(69)34(21-62)59-43(71)31(15-26-8-10-28(64)11-9-26)54-37(66)18-51-40(68)29(48)20-61/h3-11,17,23-24,29-35,39,61-64H,12-16,18-22,48H2,1-2H3,(H2,49,65)(H,50,53)(H,51,68)(H,52,69)(H,54,66)(H,55,67)(H,56,74)(H,57,73)(H,58,70)(H,59,71)(H,60,72)(H,75,76)/t29-,30-,31-,32-,33-,34-,35-,39-/m0/s1. The SMILES string of the molecule is CC(C)[C@H](NC(=O)[C@H](Cc1ccccc1)NC(=O)[C@H](CO)NC(=O)CNC(=O)[C@H](CO)NC(=O)[C@H](Cc1ccc(O)cc1)NC(=O)CNC(=O)[C@@H](N)CO)C(=O)N[C@@H](CCC(N)=O)C(=O)N[C@@H](Cc1cnc[nH]1)C(=O)O. The molecule has 3 aromatic rings. The first-order valence-electron chi connectivity index (χ1n) is 23.6. The van der Waals surface area contributed by atoms with E-state index < -0.39 is 159 Å². The summed E-state index contributed by atoms with van der Waals surface area (Å²) in [6, 6.07) is 1.53. The van der Waals surface area contributed by atoms with Crippen molar-refractivity contribution in [3.63, 3.8) is 0 Å². The van der Waals surface area contributed by atoms with Gasteiger partial charge in [0.2, 0.25) is 59.1 Å². The zero-order valence-corrected chi connectivity index (χ0v) is 41.4. The second-order valence-corrected chi connectivity index (χ2v) is 17.5. The molecule has 0 saturated heterocycles. The molecule has 3 rings (SSSR count). The number of hydrogen-bond acceptors (Lipinski definition) is 17. The Hall–Kier alpha value is -8.54. The molecule has 0 aliphatic heterocycles. The summed E-state index contributed by atoms with van der Waals surface area (Å²) in [6.45, 7) is -1.24. The van der Waals surface area contributed by atoms with Gasteiger partial charge in [-0.15, -0.1) is 0 Å². The first kappa shape index (κ1) is 61.8. The maximum atomic E-state index is 14.0. The summed E-state index contributed by atoms with van der Waals surface area (Å²) >= 11 is 0. The van der Waals surface area contributed by atoms with E-state index in [9.17, 15) is 73.2 Å². The number of carboxylic acids is 1. The van der Waals surface area contributed by atoms with E-state index in [1.807, 2.05) is 0 Å². The number of nitrogens with zero attached hydrogens (tertiary/aromatic N) is 1. The predicted molar refractivity (Wildman–Crippen MR) is 264 cm³/mol. The number of hydrogen-bond donors (Lipinski definition) is 17. The number of aliphatic carboxylic acids is 1. The molecule has 76 heavy (non-hydrogen) atoms. The number of aliphatic hydroxyl groups is 3. The number of aromatic amines is 1. The number of carboxylic acid groups (broad SMARTS) is 1. The lowest BCUT2D eigenvalue weighted by Crippen LogP contribution is -2.61. The van der Waals surface area contributed by atoms with Gasteiger partial charge >= 0.3 is 5.97 Å². The number of phenols is 1. The van der Waals surface area contributed by atoms with Crippen molar-refractivity contribution in [3.8, 4) is 5.75 Å². The molecule has 0 aliphatic carbocycles. The lowest BCUT2D eigenvalue weighted by molar-refractivity contribution is -0.142. The van der Waals surface area contributed by atoms with Crippen LogP contribution in [0.3, 0.4) is 0 Å². The number of nitrogens with one attached hydrogen (secondary N) is 10. The Morgan fingerprint density at radius 1 is 0.566 bits per heavy atom. The summed E-state index contributed by atoms with van der Waals surface area (Å²) in [7, 11) is 0. The molecule has 0 saturated carbocycles. The minimum Gasteiger partial charge on any atom is -0.508 e. The number of carbonyl (C=O) groups excluding carboxylic acids is 10. The van der Waals surface area contributed by atoms with Crippen molar-refractivity contribution in [1.82, 2.24) is 57.8 Å². The van der Waals surface area contributed by atoms with Crippen LogP contribution in [-0.2, 0) is 72.0 Å². The number of amides is 10.